The Morgan fingerprint density at radius 3 is 1.57 bits per heavy atom. The van der Waals surface area contributed by atoms with E-state index in [1.807, 2.05) is 74.5 Å². The Kier molecular flexibility index (Phi) is 15.6. The van der Waals surface area contributed by atoms with E-state index in [-0.39, 0.29) is 23.8 Å². The van der Waals surface area contributed by atoms with Crippen molar-refractivity contribution in [3.63, 3.8) is 0 Å². The minimum absolute atomic E-state index is 0. The molecule has 0 spiro atoms. The quantitative estimate of drug-likeness (QED) is 0.199. The fourth-order valence-corrected chi connectivity index (χ4v) is 5.99. The van der Waals surface area contributed by atoms with Crippen LogP contribution in [0.5, 0.6) is 0 Å². The summed E-state index contributed by atoms with van der Waals surface area (Å²) in [6, 6.07) is 28.8. The first-order valence-electron chi connectivity index (χ1n) is 11.6. The molecule has 0 aromatic heterocycles. The van der Waals surface area contributed by atoms with Crippen molar-refractivity contribution < 1.29 is 16.8 Å². The van der Waals surface area contributed by atoms with Gasteiger partial charge in [-0.25, -0.2) is 21.6 Å². The first kappa shape index (κ1) is 36.3. The average Bonchev–Trinajstić information content (AvgIpc) is 2.88. The fraction of sp³-hybridized carbons (Fsp3) is 0.143. The Hall–Kier alpha value is -1.76. The molecule has 0 radical (unpaired) electrons. The molecule has 0 saturated heterocycles. The number of hydrogen-bond donors (Lipinski definition) is 2. The summed E-state index contributed by atoms with van der Waals surface area (Å²) in [5, 5.41) is 0. The maximum atomic E-state index is 12.1. The lowest BCUT2D eigenvalue weighted by atomic mass is 10.2. The van der Waals surface area contributed by atoms with Crippen molar-refractivity contribution in [1.29, 1.82) is 0 Å². The summed E-state index contributed by atoms with van der Waals surface area (Å²) in [4.78, 5) is 0.446. The number of benzene rings is 4. The molecule has 12 heteroatoms. The topological polar surface area (TPSA) is 106 Å². The molecular formula is C28H30Br2Cl2N2O4S2. The first-order valence-corrected chi connectivity index (χ1v) is 16.9. The van der Waals surface area contributed by atoms with E-state index in [2.05, 4.69) is 36.6 Å². The zero-order chi connectivity index (χ0) is 29.1. The molecule has 4 aromatic rings. The third-order valence-corrected chi connectivity index (χ3v) is 8.79. The van der Waals surface area contributed by atoms with Gasteiger partial charge in [-0.05, 0) is 84.6 Å². The predicted octanol–water partition coefficient (Wildman–Crippen LogP) is 7.49. The molecule has 40 heavy (non-hydrogen) atoms. The van der Waals surface area contributed by atoms with Crippen LogP contribution < -0.4 is 10.5 Å². The molecule has 3 N–H and O–H groups in total. The Bertz CT molecular complexity index is 1600. The van der Waals surface area contributed by atoms with Gasteiger partial charge < -0.3 is 5.73 Å². The van der Waals surface area contributed by atoms with Crippen molar-refractivity contribution >= 4 is 74.0 Å². The number of rotatable bonds is 6. The number of nitrogens with two attached hydrogens (primary N) is 1. The fourth-order valence-electron chi connectivity index (χ4n) is 3.12. The molecule has 4 aromatic carbocycles. The second kappa shape index (κ2) is 17.3. The normalized spacial score (nSPS) is 10.8. The number of hydrogen-bond acceptors (Lipinski definition) is 5. The van der Waals surface area contributed by atoms with Gasteiger partial charge in [-0.2, -0.15) is 0 Å². The molecule has 0 aliphatic rings. The highest BCUT2D eigenvalue weighted by Crippen LogP contribution is 2.16. The van der Waals surface area contributed by atoms with Gasteiger partial charge in [0.1, 0.15) is 0 Å². The van der Waals surface area contributed by atoms with Gasteiger partial charge in [0.15, 0.2) is 0 Å². The molecule has 0 heterocycles. The van der Waals surface area contributed by atoms with Crippen molar-refractivity contribution in [3.05, 3.63) is 128 Å². The van der Waals surface area contributed by atoms with E-state index in [9.17, 15) is 16.8 Å². The summed E-state index contributed by atoms with van der Waals surface area (Å²) >= 11 is 6.71. The highest BCUT2D eigenvalue weighted by atomic mass is 79.9. The van der Waals surface area contributed by atoms with Gasteiger partial charge in [0.25, 0.3) is 9.05 Å². The summed E-state index contributed by atoms with van der Waals surface area (Å²) in [6.45, 7) is 4.56. The van der Waals surface area contributed by atoms with Gasteiger partial charge in [0.05, 0.1) is 9.79 Å². The maximum Gasteiger partial charge on any atom is 0.261 e. The third kappa shape index (κ3) is 13.3. The smallest absolute Gasteiger partial charge is 0.261 e. The van der Waals surface area contributed by atoms with Crippen molar-refractivity contribution in [1.82, 2.24) is 4.72 Å². The molecule has 216 valence electrons. The molecule has 0 unspecified atom stereocenters. The van der Waals surface area contributed by atoms with Crippen molar-refractivity contribution in [2.24, 2.45) is 5.73 Å². The van der Waals surface area contributed by atoms with E-state index < -0.39 is 19.1 Å². The minimum atomic E-state index is -3.55. The zero-order valence-electron chi connectivity index (χ0n) is 21.7. The molecule has 0 saturated carbocycles. The number of aryl methyl sites for hydroxylation is 2. The monoisotopic (exact) mass is 750 g/mol. The van der Waals surface area contributed by atoms with E-state index in [1.54, 1.807) is 24.3 Å². The third-order valence-electron chi connectivity index (χ3n) is 5.05. The lowest BCUT2D eigenvalue weighted by Crippen LogP contribution is -2.23. The molecule has 6 nitrogen and oxygen atoms in total. The van der Waals surface area contributed by atoms with Crippen molar-refractivity contribution in [3.8, 4) is 0 Å². The van der Waals surface area contributed by atoms with Crippen molar-refractivity contribution in [2.45, 2.75) is 36.7 Å². The van der Waals surface area contributed by atoms with E-state index in [1.165, 1.54) is 12.1 Å². The van der Waals surface area contributed by atoms with Gasteiger partial charge in [0, 0.05) is 32.7 Å². The van der Waals surface area contributed by atoms with E-state index >= 15 is 0 Å². The van der Waals surface area contributed by atoms with Gasteiger partial charge in [-0.15, -0.1) is 12.4 Å². The molecule has 0 amide bonds. The van der Waals surface area contributed by atoms with Crippen LogP contribution in [0.1, 0.15) is 22.3 Å². The standard InChI is InChI=1S/C14H14BrNO2S.C7H8BrN.C7H7ClO2S.ClH/c1-11-4-2-7-14(8-11)19(17,18)16-10-12-5-3-6-13(15)9-12;8-7-3-1-2-6(4-7)5-9;1-6-3-2-4-7(5-6)11(8,9)10;/h2-9,16H,10H2,1H3;1-4H,5,9H2;2-5H,1H3;1H. The van der Waals surface area contributed by atoms with Crippen molar-refractivity contribution in [2.75, 3.05) is 0 Å². The van der Waals surface area contributed by atoms with Gasteiger partial charge in [0.2, 0.25) is 10.0 Å². The molecule has 0 aliphatic carbocycles. The van der Waals surface area contributed by atoms with Crippen LogP contribution in [0.25, 0.3) is 0 Å². The summed E-state index contributed by atoms with van der Waals surface area (Å²) < 4.78 is 50.4. The zero-order valence-corrected chi connectivity index (χ0v) is 28.1. The SMILES string of the molecule is Cc1cccc(S(=O)(=O)Cl)c1.Cc1cccc(S(=O)(=O)NCc2cccc(Br)c2)c1.Cl.NCc1cccc(Br)c1. The molecular weight excluding hydrogens is 723 g/mol. The van der Waals surface area contributed by atoms with Crippen LogP contribution in [0.2, 0.25) is 0 Å². The van der Waals surface area contributed by atoms with E-state index in [4.69, 9.17) is 16.4 Å². The van der Waals surface area contributed by atoms with Crippen LogP contribution in [0.3, 0.4) is 0 Å². The number of nitrogens with one attached hydrogen (secondary N) is 1. The highest BCUT2D eigenvalue weighted by molar-refractivity contribution is 9.10. The molecule has 0 aliphatic heterocycles. The van der Waals surface area contributed by atoms with Gasteiger partial charge >= 0.3 is 0 Å². The highest BCUT2D eigenvalue weighted by Gasteiger charge is 2.13. The summed E-state index contributed by atoms with van der Waals surface area (Å²) in [5.74, 6) is 0. The van der Waals surface area contributed by atoms with Crippen LogP contribution in [0.4, 0.5) is 0 Å². The van der Waals surface area contributed by atoms with Crippen LogP contribution >= 0.6 is 54.9 Å². The van der Waals surface area contributed by atoms with Crippen LogP contribution in [-0.2, 0) is 32.2 Å². The molecule has 0 bridgehead atoms. The van der Waals surface area contributed by atoms with Crippen LogP contribution in [-0.4, -0.2) is 16.8 Å². The predicted molar refractivity (Wildman–Crippen MR) is 173 cm³/mol. The van der Waals surface area contributed by atoms with Gasteiger partial charge in [-0.3, -0.25) is 0 Å². The Labute approximate surface area is 264 Å². The second-order valence-electron chi connectivity index (χ2n) is 8.36. The number of halogens is 4. The average molecular weight is 753 g/mol. The lowest BCUT2D eigenvalue weighted by molar-refractivity contribution is 0.581. The Balaban J connectivity index is 0.000000324. The Morgan fingerprint density at radius 2 is 1.15 bits per heavy atom. The van der Waals surface area contributed by atoms with Crippen LogP contribution in [0.15, 0.2) is 116 Å². The first-order chi connectivity index (χ1) is 18.3. The molecule has 0 fully saturated rings. The molecule has 4 rings (SSSR count). The summed E-state index contributed by atoms with van der Waals surface area (Å²) in [5.41, 5.74) is 9.27. The van der Waals surface area contributed by atoms with E-state index in [0.29, 0.717) is 11.4 Å². The second-order valence-corrected chi connectivity index (χ2v) is 14.5. The lowest BCUT2D eigenvalue weighted by Gasteiger charge is -2.07. The Morgan fingerprint density at radius 1 is 0.700 bits per heavy atom. The minimum Gasteiger partial charge on any atom is -0.326 e. The maximum absolute atomic E-state index is 12.1. The van der Waals surface area contributed by atoms with Gasteiger partial charge in [-0.1, -0.05) is 80.4 Å². The largest absolute Gasteiger partial charge is 0.326 e. The summed E-state index contributed by atoms with van der Waals surface area (Å²) in [6.07, 6.45) is 0. The molecule has 0 atom stereocenters. The van der Waals surface area contributed by atoms with Crippen LogP contribution in [0, 0.1) is 13.8 Å². The summed E-state index contributed by atoms with van der Waals surface area (Å²) in [7, 11) is -1.91. The number of sulfonamides is 1. The van der Waals surface area contributed by atoms with E-state index in [0.717, 1.165) is 31.2 Å².